The van der Waals surface area contributed by atoms with E-state index < -0.39 is 22.8 Å². The number of alkyl halides is 3. The van der Waals surface area contributed by atoms with Gasteiger partial charge in [0, 0.05) is 40.5 Å². The summed E-state index contributed by atoms with van der Waals surface area (Å²) >= 11 is 5.61. The smallest absolute Gasteiger partial charge is 0.314 e. The average molecular weight is 445 g/mol. The summed E-state index contributed by atoms with van der Waals surface area (Å²) in [5.41, 5.74) is 2.38. The number of carbonyl (C=O) groups is 1. The Morgan fingerprint density at radius 3 is 2.29 bits per heavy atom. The monoisotopic (exact) mass is 444 g/mol. The van der Waals surface area contributed by atoms with Crippen molar-refractivity contribution in [2.24, 2.45) is 0 Å². The molecule has 0 unspecified atom stereocenters. The Balaban J connectivity index is 1.55. The van der Waals surface area contributed by atoms with Crippen LogP contribution in [0.3, 0.4) is 0 Å². The molecule has 0 spiro atoms. The number of nitrogens with zero attached hydrogens (tertiary/aromatic N) is 2. The predicted molar refractivity (Wildman–Crippen MR) is 115 cm³/mol. The quantitative estimate of drug-likeness (QED) is 0.371. The average Bonchev–Trinajstić information content (AvgIpc) is 3.04. The molecule has 2 N–H and O–H groups in total. The van der Waals surface area contributed by atoms with Gasteiger partial charge in [0.05, 0.1) is 16.1 Å². The van der Waals surface area contributed by atoms with Gasteiger partial charge >= 0.3 is 12.2 Å². The fourth-order valence-corrected chi connectivity index (χ4v) is 3.61. The molecule has 0 radical (unpaired) electrons. The van der Waals surface area contributed by atoms with Crippen LogP contribution in [0.2, 0.25) is 5.02 Å². The topological polar surface area (TPSA) is 59.0 Å². The molecule has 4 rings (SSSR count). The molecule has 0 saturated carbocycles. The second-order valence-electron chi connectivity index (χ2n) is 6.87. The van der Waals surface area contributed by atoms with E-state index in [4.69, 9.17) is 11.6 Å². The number of carbonyl (C=O) groups excluding carboxylic acids is 1. The highest BCUT2D eigenvalue weighted by molar-refractivity contribution is 6.31. The van der Waals surface area contributed by atoms with Gasteiger partial charge in [-0.3, -0.25) is 4.98 Å². The lowest BCUT2D eigenvalue weighted by atomic mass is 10.2. The number of pyridine rings is 1. The summed E-state index contributed by atoms with van der Waals surface area (Å²) in [6, 6.07) is 13.7. The lowest BCUT2D eigenvalue weighted by Crippen LogP contribution is -2.19. The van der Waals surface area contributed by atoms with Gasteiger partial charge in [0.2, 0.25) is 0 Å². The molecule has 2 aromatic carbocycles. The van der Waals surface area contributed by atoms with Gasteiger partial charge < -0.3 is 15.2 Å². The molecule has 0 aliphatic rings. The Labute approximate surface area is 180 Å². The van der Waals surface area contributed by atoms with Crippen LogP contribution in [0.25, 0.3) is 16.6 Å². The van der Waals surface area contributed by atoms with E-state index in [9.17, 15) is 18.0 Å². The van der Waals surface area contributed by atoms with Crippen molar-refractivity contribution in [3.63, 3.8) is 0 Å². The largest absolute Gasteiger partial charge is 0.417 e. The van der Waals surface area contributed by atoms with Crippen LogP contribution in [-0.4, -0.2) is 15.6 Å². The number of aryl methyl sites for hydroxylation is 1. The van der Waals surface area contributed by atoms with Crippen LogP contribution in [0.4, 0.5) is 29.3 Å². The molecule has 0 atom stereocenters. The van der Waals surface area contributed by atoms with Crippen molar-refractivity contribution in [2.75, 3.05) is 10.6 Å². The molecular weight excluding hydrogens is 429 g/mol. The second-order valence-corrected chi connectivity index (χ2v) is 7.28. The van der Waals surface area contributed by atoms with E-state index in [-0.39, 0.29) is 5.69 Å². The van der Waals surface area contributed by atoms with Crippen LogP contribution in [0.5, 0.6) is 0 Å². The number of urea groups is 1. The predicted octanol–water partition coefficient (Wildman–Crippen LogP) is 6.65. The first-order valence-electron chi connectivity index (χ1n) is 9.19. The van der Waals surface area contributed by atoms with Crippen molar-refractivity contribution >= 4 is 39.9 Å². The van der Waals surface area contributed by atoms with Gasteiger partial charge in [0.15, 0.2) is 0 Å². The fraction of sp³-hybridized carbons (Fsp3) is 0.0909. The SMILES string of the molecule is Cc1cc2cc(NC(=O)Nc3ccc(Cl)c(C(F)(F)F)c3)ccc2n1-c1ccncc1. The number of hydrogen-bond donors (Lipinski definition) is 2. The van der Waals surface area contributed by atoms with E-state index in [1.807, 2.05) is 31.2 Å². The summed E-state index contributed by atoms with van der Waals surface area (Å²) in [5.74, 6) is 0. The van der Waals surface area contributed by atoms with E-state index in [0.29, 0.717) is 5.69 Å². The van der Waals surface area contributed by atoms with Crippen LogP contribution in [0.15, 0.2) is 67.0 Å². The highest BCUT2D eigenvalue weighted by Crippen LogP contribution is 2.36. The van der Waals surface area contributed by atoms with Gasteiger partial charge in [-0.15, -0.1) is 0 Å². The zero-order chi connectivity index (χ0) is 22.2. The number of hydrogen-bond acceptors (Lipinski definition) is 2. The van der Waals surface area contributed by atoms with E-state index in [0.717, 1.165) is 34.4 Å². The summed E-state index contributed by atoms with van der Waals surface area (Å²) in [5, 5.41) is 5.51. The number of amides is 2. The van der Waals surface area contributed by atoms with Crippen molar-refractivity contribution in [3.05, 3.63) is 83.3 Å². The second kappa shape index (κ2) is 7.96. The highest BCUT2D eigenvalue weighted by atomic mass is 35.5. The van der Waals surface area contributed by atoms with E-state index >= 15 is 0 Å². The van der Waals surface area contributed by atoms with Gasteiger partial charge in [-0.05, 0) is 61.5 Å². The van der Waals surface area contributed by atoms with Crippen LogP contribution >= 0.6 is 11.6 Å². The number of fused-ring (bicyclic) bond motifs is 1. The molecule has 4 aromatic rings. The van der Waals surface area contributed by atoms with Gasteiger partial charge in [0.25, 0.3) is 0 Å². The minimum absolute atomic E-state index is 0.0185. The number of halogens is 4. The molecule has 0 bridgehead atoms. The molecule has 0 aliphatic heterocycles. The lowest BCUT2D eigenvalue weighted by Gasteiger charge is -2.12. The summed E-state index contributed by atoms with van der Waals surface area (Å²) in [6.07, 6.45) is -1.19. The molecule has 2 amide bonds. The van der Waals surface area contributed by atoms with Crippen LogP contribution in [0, 0.1) is 6.92 Å². The summed E-state index contributed by atoms with van der Waals surface area (Å²) in [6.45, 7) is 1.97. The Kier molecular flexibility index (Phi) is 5.32. The number of anilines is 2. The molecule has 0 aliphatic carbocycles. The normalized spacial score (nSPS) is 11.5. The molecule has 9 heteroatoms. The van der Waals surface area contributed by atoms with Crippen molar-refractivity contribution in [1.82, 2.24) is 9.55 Å². The Morgan fingerprint density at radius 2 is 1.61 bits per heavy atom. The van der Waals surface area contributed by atoms with Gasteiger partial charge in [-0.2, -0.15) is 13.2 Å². The maximum Gasteiger partial charge on any atom is 0.417 e. The van der Waals surface area contributed by atoms with E-state index in [2.05, 4.69) is 20.2 Å². The Morgan fingerprint density at radius 1 is 0.968 bits per heavy atom. The van der Waals surface area contributed by atoms with Crippen LogP contribution < -0.4 is 10.6 Å². The first kappa shape index (κ1) is 20.7. The summed E-state index contributed by atoms with van der Waals surface area (Å²) in [7, 11) is 0. The Bertz CT molecular complexity index is 1270. The molecule has 158 valence electrons. The number of benzene rings is 2. The van der Waals surface area contributed by atoms with Crippen molar-refractivity contribution in [3.8, 4) is 5.69 Å². The van der Waals surface area contributed by atoms with Crippen LogP contribution in [-0.2, 0) is 6.18 Å². The van der Waals surface area contributed by atoms with Crippen molar-refractivity contribution in [2.45, 2.75) is 13.1 Å². The van der Waals surface area contributed by atoms with Gasteiger partial charge in [-0.25, -0.2) is 4.79 Å². The molecule has 0 fully saturated rings. The third kappa shape index (κ3) is 4.34. The van der Waals surface area contributed by atoms with Crippen molar-refractivity contribution < 1.29 is 18.0 Å². The highest BCUT2D eigenvalue weighted by Gasteiger charge is 2.33. The first-order valence-corrected chi connectivity index (χ1v) is 9.57. The minimum atomic E-state index is -4.61. The third-order valence-corrected chi connectivity index (χ3v) is 5.02. The van der Waals surface area contributed by atoms with E-state index in [1.54, 1.807) is 24.5 Å². The molecule has 31 heavy (non-hydrogen) atoms. The number of nitrogens with one attached hydrogen (secondary N) is 2. The Hall–Kier alpha value is -3.52. The van der Waals surface area contributed by atoms with E-state index in [1.165, 1.54) is 6.07 Å². The minimum Gasteiger partial charge on any atom is -0.314 e. The molecule has 2 heterocycles. The zero-order valence-corrected chi connectivity index (χ0v) is 16.9. The molecular formula is C22H16ClF3N4O. The first-order chi connectivity index (χ1) is 14.7. The summed E-state index contributed by atoms with van der Waals surface area (Å²) in [4.78, 5) is 16.3. The van der Waals surface area contributed by atoms with Gasteiger partial charge in [-0.1, -0.05) is 11.6 Å². The molecule has 0 saturated heterocycles. The van der Waals surface area contributed by atoms with Crippen molar-refractivity contribution in [1.29, 1.82) is 0 Å². The van der Waals surface area contributed by atoms with Gasteiger partial charge in [0.1, 0.15) is 0 Å². The standard InChI is InChI=1S/C22H16ClF3N4O/c1-13-10-14-11-15(3-5-20(14)30(13)17-6-8-27-9-7-17)28-21(31)29-16-2-4-19(23)18(12-16)22(24,25)26/h2-12H,1H3,(H2,28,29,31). The fourth-order valence-electron chi connectivity index (χ4n) is 3.38. The number of rotatable bonds is 3. The third-order valence-electron chi connectivity index (χ3n) is 4.69. The molecule has 2 aromatic heterocycles. The molecule has 5 nitrogen and oxygen atoms in total. The maximum atomic E-state index is 13.0. The zero-order valence-electron chi connectivity index (χ0n) is 16.2. The van der Waals surface area contributed by atoms with Crippen LogP contribution in [0.1, 0.15) is 11.3 Å². The maximum absolute atomic E-state index is 13.0. The lowest BCUT2D eigenvalue weighted by molar-refractivity contribution is -0.137. The number of aromatic nitrogens is 2. The summed E-state index contributed by atoms with van der Waals surface area (Å²) < 4.78 is 41.1.